The minimum Gasteiger partial charge on any atom is -0.497 e. The molecule has 0 fully saturated rings. The van der Waals surface area contributed by atoms with E-state index in [4.69, 9.17) is 9.47 Å². The predicted octanol–water partition coefficient (Wildman–Crippen LogP) is 2.92. The Morgan fingerprint density at radius 3 is 2.69 bits per heavy atom. The normalized spacial score (nSPS) is 10.3. The summed E-state index contributed by atoms with van der Waals surface area (Å²) in [6.07, 6.45) is 0. The fourth-order valence-electron chi connectivity index (χ4n) is 1.29. The molecule has 1 aromatic carbocycles. The van der Waals surface area contributed by atoms with Gasteiger partial charge >= 0.3 is 0 Å². The first-order valence-electron chi connectivity index (χ1n) is 3.94. The topological polar surface area (TPSA) is 18.5 Å². The maximum absolute atomic E-state index is 5.26. The summed E-state index contributed by atoms with van der Waals surface area (Å²) in [5.74, 6) is 1.71. The number of thiophene rings is 1. The summed E-state index contributed by atoms with van der Waals surface area (Å²) in [7, 11) is 3.33. The van der Waals surface area contributed by atoms with Crippen LogP contribution in [0.4, 0.5) is 0 Å². The van der Waals surface area contributed by atoms with Gasteiger partial charge in [-0.05, 0) is 22.9 Å². The summed E-state index contributed by atoms with van der Waals surface area (Å²) in [5.41, 5.74) is 0. The van der Waals surface area contributed by atoms with Crippen LogP contribution in [0.15, 0.2) is 23.6 Å². The van der Waals surface area contributed by atoms with Crippen LogP contribution >= 0.6 is 11.3 Å². The molecule has 0 unspecified atom stereocenters. The van der Waals surface area contributed by atoms with Crippen molar-refractivity contribution in [2.75, 3.05) is 14.2 Å². The molecule has 0 bridgehead atoms. The van der Waals surface area contributed by atoms with Crippen molar-refractivity contribution >= 4 is 21.4 Å². The Hall–Kier alpha value is -1.22. The molecular formula is C10H10O2S. The molecule has 3 heteroatoms. The van der Waals surface area contributed by atoms with E-state index in [2.05, 4.69) is 6.07 Å². The molecular weight excluding hydrogens is 184 g/mol. The first-order chi connectivity index (χ1) is 6.35. The van der Waals surface area contributed by atoms with Crippen LogP contribution in [-0.4, -0.2) is 14.2 Å². The van der Waals surface area contributed by atoms with Gasteiger partial charge in [0.1, 0.15) is 11.5 Å². The molecule has 2 rings (SSSR count). The summed E-state index contributed by atoms with van der Waals surface area (Å²) in [5, 5.41) is 3.22. The highest BCUT2D eigenvalue weighted by molar-refractivity contribution is 7.17. The largest absolute Gasteiger partial charge is 0.497 e. The zero-order chi connectivity index (χ0) is 9.26. The lowest BCUT2D eigenvalue weighted by Gasteiger charge is -2.04. The summed E-state index contributed by atoms with van der Waals surface area (Å²) in [4.78, 5) is 0. The van der Waals surface area contributed by atoms with Gasteiger partial charge in [0, 0.05) is 6.07 Å². The first kappa shape index (κ1) is 8.38. The van der Waals surface area contributed by atoms with E-state index in [0.717, 1.165) is 11.5 Å². The van der Waals surface area contributed by atoms with Crippen molar-refractivity contribution in [3.63, 3.8) is 0 Å². The van der Waals surface area contributed by atoms with Crippen molar-refractivity contribution in [1.82, 2.24) is 0 Å². The number of benzene rings is 1. The van der Waals surface area contributed by atoms with Crippen molar-refractivity contribution in [3.05, 3.63) is 23.6 Å². The molecule has 13 heavy (non-hydrogen) atoms. The van der Waals surface area contributed by atoms with Crippen LogP contribution < -0.4 is 9.47 Å². The van der Waals surface area contributed by atoms with Crippen LogP contribution in [-0.2, 0) is 0 Å². The van der Waals surface area contributed by atoms with E-state index in [1.54, 1.807) is 25.6 Å². The minimum absolute atomic E-state index is 0.836. The fourth-order valence-corrected chi connectivity index (χ4v) is 2.16. The molecule has 1 aromatic heterocycles. The van der Waals surface area contributed by atoms with E-state index in [1.807, 2.05) is 17.5 Å². The maximum Gasteiger partial charge on any atom is 0.140 e. The van der Waals surface area contributed by atoms with Crippen molar-refractivity contribution < 1.29 is 9.47 Å². The van der Waals surface area contributed by atoms with Gasteiger partial charge in [0.05, 0.1) is 18.9 Å². The number of rotatable bonds is 2. The van der Waals surface area contributed by atoms with Gasteiger partial charge < -0.3 is 9.47 Å². The molecule has 1 heterocycles. The van der Waals surface area contributed by atoms with Gasteiger partial charge in [-0.25, -0.2) is 0 Å². The average molecular weight is 194 g/mol. The summed E-state index contributed by atoms with van der Waals surface area (Å²) in [6.45, 7) is 0. The minimum atomic E-state index is 0.836. The first-order valence-corrected chi connectivity index (χ1v) is 4.82. The number of hydrogen-bond acceptors (Lipinski definition) is 3. The summed E-state index contributed by atoms with van der Waals surface area (Å²) < 4.78 is 11.6. The van der Waals surface area contributed by atoms with Gasteiger partial charge in [-0.1, -0.05) is 0 Å². The highest BCUT2D eigenvalue weighted by Crippen LogP contribution is 2.34. The molecule has 0 spiro atoms. The van der Waals surface area contributed by atoms with Crippen LogP contribution in [0.1, 0.15) is 0 Å². The highest BCUT2D eigenvalue weighted by Gasteiger charge is 2.05. The molecule has 0 atom stereocenters. The smallest absolute Gasteiger partial charge is 0.140 e. The number of fused-ring (bicyclic) bond motifs is 1. The molecule has 0 radical (unpaired) electrons. The second kappa shape index (κ2) is 3.26. The van der Waals surface area contributed by atoms with Gasteiger partial charge in [-0.3, -0.25) is 0 Å². The second-order valence-corrected chi connectivity index (χ2v) is 3.58. The molecule has 2 nitrogen and oxygen atoms in total. The van der Waals surface area contributed by atoms with Crippen LogP contribution in [0.25, 0.3) is 10.1 Å². The second-order valence-electron chi connectivity index (χ2n) is 2.67. The monoisotopic (exact) mass is 194 g/mol. The molecule has 0 saturated heterocycles. The van der Waals surface area contributed by atoms with E-state index >= 15 is 0 Å². The molecule has 0 N–H and O–H groups in total. The summed E-state index contributed by atoms with van der Waals surface area (Å²) >= 11 is 1.68. The van der Waals surface area contributed by atoms with Crippen LogP contribution in [0, 0.1) is 0 Å². The summed E-state index contributed by atoms with van der Waals surface area (Å²) in [6, 6.07) is 5.97. The molecule has 2 aromatic rings. The number of methoxy groups -OCH3 is 2. The quantitative estimate of drug-likeness (QED) is 0.731. The third-order valence-corrected chi connectivity index (χ3v) is 2.89. The zero-order valence-corrected chi connectivity index (χ0v) is 8.35. The van der Waals surface area contributed by atoms with Crippen molar-refractivity contribution in [1.29, 1.82) is 0 Å². The number of hydrogen-bond donors (Lipinski definition) is 0. The van der Waals surface area contributed by atoms with E-state index in [9.17, 15) is 0 Å². The van der Waals surface area contributed by atoms with Gasteiger partial charge in [0.15, 0.2) is 0 Å². The van der Waals surface area contributed by atoms with Gasteiger partial charge in [0.25, 0.3) is 0 Å². The molecule has 0 aliphatic rings. The van der Waals surface area contributed by atoms with Crippen LogP contribution in [0.5, 0.6) is 11.5 Å². The molecule has 0 aliphatic carbocycles. The molecule has 0 amide bonds. The Balaban J connectivity index is 2.70. The lowest BCUT2D eigenvalue weighted by molar-refractivity contribution is 0.398. The Labute approximate surface area is 80.7 Å². The molecule has 0 saturated carbocycles. The van der Waals surface area contributed by atoms with Gasteiger partial charge in [-0.2, -0.15) is 0 Å². The Kier molecular flexibility index (Phi) is 2.10. The van der Waals surface area contributed by atoms with Gasteiger partial charge in [0.2, 0.25) is 0 Å². The van der Waals surface area contributed by atoms with Crippen molar-refractivity contribution in [2.45, 2.75) is 0 Å². The van der Waals surface area contributed by atoms with Crippen LogP contribution in [0.2, 0.25) is 0 Å². The SMILES string of the molecule is COc1cc(OC)c2sccc2c1. The van der Waals surface area contributed by atoms with E-state index in [0.29, 0.717) is 0 Å². The standard InChI is InChI=1S/C10H10O2S/c1-11-8-5-7-3-4-13-10(7)9(6-8)12-2/h3-6H,1-2H3. The molecule has 68 valence electrons. The van der Waals surface area contributed by atoms with E-state index < -0.39 is 0 Å². The zero-order valence-electron chi connectivity index (χ0n) is 7.53. The average Bonchev–Trinajstić information content (AvgIpc) is 2.63. The fraction of sp³-hybridized carbons (Fsp3) is 0.200. The maximum atomic E-state index is 5.26. The Bertz CT molecular complexity index is 420. The third-order valence-electron chi connectivity index (χ3n) is 1.95. The van der Waals surface area contributed by atoms with Crippen molar-refractivity contribution in [2.24, 2.45) is 0 Å². The lowest BCUT2D eigenvalue weighted by atomic mass is 10.2. The van der Waals surface area contributed by atoms with Gasteiger partial charge in [-0.15, -0.1) is 11.3 Å². The number of ether oxygens (including phenoxy) is 2. The highest BCUT2D eigenvalue weighted by atomic mass is 32.1. The lowest BCUT2D eigenvalue weighted by Crippen LogP contribution is -1.86. The van der Waals surface area contributed by atoms with E-state index in [-0.39, 0.29) is 0 Å². The Morgan fingerprint density at radius 1 is 1.15 bits per heavy atom. The third kappa shape index (κ3) is 1.35. The Morgan fingerprint density at radius 2 is 2.00 bits per heavy atom. The van der Waals surface area contributed by atoms with Crippen molar-refractivity contribution in [3.8, 4) is 11.5 Å². The van der Waals surface area contributed by atoms with E-state index in [1.165, 1.54) is 10.1 Å². The predicted molar refractivity (Wildman–Crippen MR) is 54.9 cm³/mol. The van der Waals surface area contributed by atoms with Crippen LogP contribution in [0.3, 0.4) is 0 Å². The molecule has 0 aliphatic heterocycles.